The number of ether oxygens (including phenoxy) is 2. The second-order valence-corrected chi connectivity index (χ2v) is 22.9. The van der Waals surface area contributed by atoms with Crippen LogP contribution < -0.4 is 29.7 Å². The third-order valence-corrected chi connectivity index (χ3v) is 18.0. The van der Waals surface area contributed by atoms with E-state index in [1.165, 1.54) is 180 Å². The zero-order valence-electron chi connectivity index (χ0n) is 37.1. The van der Waals surface area contributed by atoms with Crippen LogP contribution in [0.15, 0.2) is 48.5 Å². The number of unbranched alkanes of at least 4 members (excludes halogenated alkanes) is 30. The first kappa shape index (κ1) is 53.6. The Balaban J connectivity index is 1.65. The molecule has 0 spiro atoms. The molecule has 1 radical (unpaired) electrons. The van der Waals surface area contributed by atoms with Crippen LogP contribution in [0.2, 0.25) is 0 Å². The van der Waals surface area contributed by atoms with Crippen LogP contribution in [0.5, 0.6) is 11.5 Å². The van der Waals surface area contributed by atoms with Crippen LogP contribution in [0.4, 0.5) is 13.2 Å². The monoisotopic (exact) mass is 966 g/mol. The Hall–Kier alpha value is -1.53. The van der Waals surface area contributed by atoms with Crippen molar-refractivity contribution in [3.05, 3.63) is 55.7 Å². The Bertz CT molecular complexity index is 1270. The summed E-state index contributed by atoms with van der Waals surface area (Å²) in [5, 5.41) is 0. The van der Waals surface area contributed by atoms with Gasteiger partial charge in [-0.1, -0.05) is 206 Å². The van der Waals surface area contributed by atoms with Gasteiger partial charge in [0.2, 0.25) is 0 Å². The van der Waals surface area contributed by atoms with Crippen LogP contribution in [0.1, 0.15) is 219 Å². The van der Waals surface area contributed by atoms with E-state index in [1.54, 1.807) is 48.5 Å². The van der Waals surface area contributed by atoms with Gasteiger partial charge in [0, 0.05) is 0 Å². The first-order chi connectivity index (χ1) is 28.7. The van der Waals surface area contributed by atoms with Crippen molar-refractivity contribution in [3.8, 4) is 11.5 Å². The van der Waals surface area contributed by atoms with Crippen molar-refractivity contribution < 1.29 is 53.8 Å². The van der Waals surface area contributed by atoms with Gasteiger partial charge in [-0.05, 0) is 63.9 Å². The summed E-state index contributed by atoms with van der Waals surface area (Å²) in [4.78, 5) is 0. The Morgan fingerprint density at radius 1 is 0.407 bits per heavy atom. The quantitative estimate of drug-likeness (QED) is 0.0378. The molecule has 0 aromatic heterocycles. The van der Waals surface area contributed by atoms with E-state index in [4.69, 9.17) is 12.0 Å². The van der Waals surface area contributed by atoms with Gasteiger partial charge >= 0.3 is 35.9 Å². The maximum absolute atomic E-state index is 13.4. The van der Waals surface area contributed by atoms with Crippen LogP contribution in [-0.2, 0) is 12.6 Å². The molecule has 0 atom stereocenters. The van der Waals surface area contributed by atoms with Gasteiger partial charge in [0.05, 0.1) is 13.2 Å². The van der Waals surface area contributed by atoms with Gasteiger partial charge in [-0.15, -0.1) is 0 Å². The summed E-state index contributed by atoms with van der Waals surface area (Å²) in [6, 6.07) is 13.2. The molecule has 2 rings (SSSR count). The number of benzene rings is 2. The van der Waals surface area contributed by atoms with Crippen LogP contribution >= 0.6 is 0 Å². The van der Waals surface area contributed by atoms with Crippen molar-refractivity contribution in [2.24, 2.45) is 0 Å². The second-order valence-electron chi connectivity index (χ2n) is 16.4. The Labute approximate surface area is 367 Å². The van der Waals surface area contributed by atoms with Crippen molar-refractivity contribution >= 4 is 10.1 Å². The molecule has 0 aliphatic rings. The summed E-state index contributed by atoms with van der Waals surface area (Å²) in [6.45, 7) is 5.64. The van der Waals surface area contributed by atoms with Gasteiger partial charge in [-0.25, -0.2) is 0 Å². The SMILES string of the molecule is CCCCCCCCCCCCCCCCCCOc1ccc([I+](OS(=O)(=O)C(F)(F)F)c2ccc(OCCCCCCCCCCCCCCCCCC)cc2)cc1. The van der Waals surface area contributed by atoms with Crippen molar-refractivity contribution in [3.63, 3.8) is 0 Å². The summed E-state index contributed by atoms with van der Waals surface area (Å²) in [6.07, 6.45) is 41.5. The highest BCUT2D eigenvalue weighted by Gasteiger charge is 2.54. The van der Waals surface area contributed by atoms with Gasteiger partial charge < -0.3 is 9.47 Å². The summed E-state index contributed by atoms with van der Waals surface area (Å²) in [5.74, 6) is 1.20. The fraction of sp³-hybridized carbons (Fsp3) is 0.755. The maximum Gasteiger partial charge on any atom is 0.526 e. The van der Waals surface area contributed by atoms with E-state index in [-0.39, 0.29) is 0 Å². The fourth-order valence-corrected chi connectivity index (χ4v) is 13.7. The minimum absolute atomic E-state index is 0.429. The second kappa shape index (κ2) is 35.0. The molecule has 0 bridgehead atoms. The maximum atomic E-state index is 13.4. The molecule has 0 aliphatic heterocycles. The molecule has 341 valence electrons. The van der Waals surface area contributed by atoms with E-state index in [0.717, 1.165) is 25.7 Å². The lowest BCUT2D eigenvalue weighted by atomic mass is 10.0. The Kier molecular flexibility index (Phi) is 31.8. The smallest absolute Gasteiger partial charge is 0.494 e. The number of rotatable bonds is 40. The summed E-state index contributed by atoms with van der Waals surface area (Å²) >= 11 is -3.50. The highest BCUT2D eigenvalue weighted by atomic mass is 127. The van der Waals surface area contributed by atoms with E-state index in [0.29, 0.717) is 31.9 Å². The predicted octanol–water partition coefficient (Wildman–Crippen LogP) is 13.4. The molecule has 0 saturated carbocycles. The molecule has 59 heavy (non-hydrogen) atoms. The van der Waals surface area contributed by atoms with Crippen molar-refractivity contribution in [1.82, 2.24) is 0 Å². The van der Waals surface area contributed by atoms with E-state index < -0.39 is 35.9 Å². The molecular formula is C49H82F3IO5S+. The molecular weight excluding hydrogens is 884 g/mol. The molecule has 0 unspecified atom stereocenters. The van der Waals surface area contributed by atoms with E-state index >= 15 is 0 Å². The number of hydrogen-bond acceptors (Lipinski definition) is 5. The van der Waals surface area contributed by atoms with Crippen LogP contribution in [-0.4, -0.2) is 27.1 Å². The summed E-state index contributed by atoms with van der Waals surface area (Å²) in [7, 11) is -5.79. The van der Waals surface area contributed by atoms with Crippen LogP contribution in [0.3, 0.4) is 0 Å². The highest BCUT2D eigenvalue weighted by Crippen LogP contribution is 2.23. The summed E-state index contributed by atoms with van der Waals surface area (Å²) in [5.41, 5.74) is -5.51. The highest BCUT2D eigenvalue weighted by molar-refractivity contribution is 7.87. The number of hydrogen-bond donors (Lipinski definition) is 0. The van der Waals surface area contributed by atoms with E-state index in [9.17, 15) is 21.6 Å². The topological polar surface area (TPSA) is 61.8 Å². The molecule has 0 aliphatic carbocycles. The van der Waals surface area contributed by atoms with Crippen LogP contribution in [0, 0.1) is 7.14 Å². The molecule has 2 aromatic carbocycles. The number of halogens is 4. The molecule has 0 heterocycles. The lowest BCUT2D eigenvalue weighted by molar-refractivity contribution is -1.03. The van der Waals surface area contributed by atoms with Crippen molar-refractivity contribution in [1.29, 1.82) is 0 Å². The summed E-state index contributed by atoms with van der Waals surface area (Å²) < 4.78 is 82.2. The Morgan fingerprint density at radius 3 is 0.881 bits per heavy atom. The first-order valence-corrected chi connectivity index (χ1v) is 28.3. The van der Waals surface area contributed by atoms with Crippen molar-refractivity contribution in [2.75, 3.05) is 13.2 Å². The molecule has 0 amide bonds. The molecule has 0 saturated heterocycles. The predicted molar refractivity (Wildman–Crippen MR) is 236 cm³/mol. The fourth-order valence-electron chi connectivity index (χ4n) is 7.29. The first-order valence-electron chi connectivity index (χ1n) is 23.8. The average molecular weight is 967 g/mol. The average Bonchev–Trinajstić information content (AvgIpc) is 3.22. The standard InChI is InChI=1S/C49H82F3IO5S/c1-3-5-7-9-11-13-15-17-19-21-23-25-27-29-31-33-43-56-47-39-35-45(36-40-47)53(58-59(54,55)49(50,51)52)46-37-41-48(42-38-46)57-44-34-32-30-28-26-24-22-20-18-16-14-12-10-8-6-4-2/h35-42H,3-34,43-44H2,1-2H3/q+1. The molecule has 0 N–H and O–H groups in total. The normalized spacial score (nSPS) is 12.1. The Morgan fingerprint density at radius 2 is 0.644 bits per heavy atom. The van der Waals surface area contributed by atoms with Gasteiger partial charge in [0.25, 0.3) is 0 Å². The largest absolute Gasteiger partial charge is 0.526 e. The molecule has 2 aromatic rings. The lowest BCUT2D eigenvalue weighted by Gasteiger charge is -2.10. The van der Waals surface area contributed by atoms with Gasteiger partial charge in [-0.3, -0.25) is 0 Å². The molecule has 5 nitrogen and oxygen atoms in total. The number of alkyl halides is 3. The third kappa shape index (κ3) is 27.2. The third-order valence-electron chi connectivity index (χ3n) is 11.0. The van der Waals surface area contributed by atoms with Crippen molar-refractivity contribution in [2.45, 2.75) is 225 Å². The minimum atomic E-state index is -5.79. The lowest BCUT2D eigenvalue weighted by Crippen LogP contribution is -3.85. The van der Waals surface area contributed by atoms with E-state index in [1.807, 2.05) is 0 Å². The minimum Gasteiger partial charge on any atom is -0.494 e. The van der Waals surface area contributed by atoms with Crippen LogP contribution in [0.25, 0.3) is 0 Å². The van der Waals surface area contributed by atoms with Gasteiger partial charge in [-0.2, -0.15) is 21.6 Å². The molecule has 0 fully saturated rings. The molecule has 10 heteroatoms. The zero-order chi connectivity index (χ0) is 42.7. The zero-order valence-corrected chi connectivity index (χ0v) is 40.1. The van der Waals surface area contributed by atoms with Gasteiger partial charge in [0.1, 0.15) is 11.5 Å². The van der Waals surface area contributed by atoms with E-state index in [2.05, 4.69) is 13.8 Å². The van der Waals surface area contributed by atoms with Gasteiger partial charge in [0.15, 0.2) is 7.14 Å².